The number of benzene rings is 2. The van der Waals surface area contributed by atoms with Crippen LogP contribution in [0, 0.1) is 0 Å². The second-order valence-electron chi connectivity index (χ2n) is 4.79. The Kier molecular flexibility index (Phi) is 6.00. The Morgan fingerprint density at radius 2 is 1.70 bits per heavy atom. The Bertz CT molecular complexity index is 669. The first-order valence-corrected chi connectivity index (χ1v) is 7.44. The minimum atomic E-state index is -0.237. The molecule has 2 N–H and O–H groups in total. The summed E-state index contributed by atoms with van der Waals surface area (Å²) in [4.78, 5) is 23.7. The summed E-state index contributed by atoms with van der Waals surface area (Å²) in [6, 6.07) is 13.6. The summed E-state index contributed by atoms with van der Waals surface area (Å²) in [5, 5.41) is 6.01. The fraction of sp³-hybridized carbons (Fsp3) is 0.176. The Hall–Kier alpha value is -2.53. The molecule has 2 amide bonds. The van der Waals surface area contributed by atoms with Gasteiger partial charge in [-0.3, -0.25) is 9.59 Å². The molecule has 0 heterocycles. The molecule has 0 spiro atoms. The van der Waals surface area contributed by atoms with Crippen molar-refractivity contribution in [2.45, 2.75) is 6.42 Å². The van der Waals surface area contributed by atoms with Crippen LogP contribution in [0.1, 0.15) is 16.8 Å². The van der Waals surface area contributed by atoms with Gasteiger partial charge in [-0.25, -0.2) is 0 Å². The molecule has 5 nitrogen and oxygen atoms in total. The zero-order chi connectivity index (χ0) is 16.7. The topological polar surface area (TPSA) is 67.4 Å². The van der Waals surface area contributed by atoms with Gasteiger partial charge in [-0.2, -0.15) is 0 Å². The quantitative estimate of drug-likeness (QED) is 0.854. The van der Waals surface area contributed by atoms with Gasteiger partial charge >= 0.3 is 0 Å². The van der Waals surface area contributed by atoms with Crippen LogP contribution in [0.2, 0.25) is 5.02 Å². The summed E-state index contributed by atoms with van der Waals surface area (Å²) >= 11 is 5.77. The predicted octanol–water partition coefficient (Wildman–Crippen LogP) is 3.11. The van der Waals surface area contributed by atoms with Gasteiger partial charge in [-0.15, -0.1) is 0 Å². The van der Waals surface area contributed by atoms with Crippen molar-refractivity contribution in [3.05, 3.63) is 59.1 Å². The number of ether oxygens (including phenoxy) is 1. The first-order valence-electron chi connectivity index (χ1n) is 7.06. The highest BCUT2D eigenvalue weighted by Gasteiger charge is 2.07. The number of hydrogen-bond acceptors (Lipinski definition) is 3. The van der Waals surface area contributed by atoms with E-state index in [-0.39, 0.29) is 24.8 Å². The zero-order valence-electron chi connectivity index (χ0n) is 12.6. The van der Waals surface area contributed by atoms with E-state index in [2.05, 4.69) is 10.6 Å². The van der Waals surface area contributed by atoms with Gasteiger partial charge in [-0.1, -0.05) is 11.6 Å². The van der Waals surface area contributed by atoms with Crippen molar-refractivity contribution in [1.29, 1.82) is 0 Å². The van der Waals surface area contributed by atoms with E-state index < -0.39 is 0 Å². The maximum Gasteiger partial charge on any atom is 0.251 e. The van der Waals surface area contributed by atoms with E-state index in [1.165, 1.54) is 0 Å². The van der Waals surface area contributed by atoms with Crippen molar-refractivity contribution in [2.24, 2.45) is 0 Å². The van der Waals surface area contributed by atoms with Crippen LogP contribution in [0.4, 0.5) is 5.69 Å². The third kappa shape index (κ3) is 5.30. The molecule has 0 aliphatic heterocycles. The Morgan fingerprint density at radius 3 is 2.30 bits per heavy atom. The van der Waals surface area contributed by atoms with Crippen LogP contribution in [0.3, 0.4) is 0 Å². The number of carbonyl (C=O) groups is 2. The Morgan fingerprint density at radius 1 is 1.04 bits per heavy atom. The van der Waals surface area contributed by atoms with E-state index in [1.54, 1.807) is 55.6 Å². The smallest absolute Gasteiger partial charge is 0.251 e. The van der Waals surface area contributed by atoms with Crippen molar-refractivity contribution in [3.8, 4) is 5.75 Å². The second-order valence-corrected chi connectivity index (χ2v) is 5.23. The summed E-state index contributed by atoms with van der Waals surface area (Å²) < 4.78 is 5.05. The monoisotopic (exact) mass is 332 g/mol. The molecule has 0 radical (unpaired) electrons. The molecule has 23 heavy (non-hydrogen) atoms. The van der Waals surface area contributed by atoms with Crippen LogP contribution >= 0.6 is 11.6 Å². The van der Waals surface area contributed by atoms with E-state index in [1.807, 2.05) is 0 Å². The van der Waals surface area contributed by atoms with Gasteiger partial charge < -0.3 is 15.4 Å². The number of hydrogen-bond donors (Lipinski definition) is 2. The first kappa shape index (κ1) is 16.8. The van der Waals surface area contributed by atoms with Crippen molar-refractivity contribution in [1.82, 2.24) is 5.32 Å². The average molecular weight is 333 g/mol. The van der Waals surface area contributed by atoms with Gasteiger partial charge in [0.05, 0.1) is 7.11 Å². The molecule has 120 valence electrons. The third-order valence-corrected chi connectivity index (χ3v) is 3.37. The number of carbonyl (C=O) groups excluding carboxylic acids is 2. The fourth-order valence-electron chi connectivity index (χ4n) is 1.89. The molecule has 0 aliphatic rings. The van der Waals surface area contributed by atoms with Gasteiger partial charge in [0.25, 0.3) is 5.91 Å². The maximum absolute atomic E-state index is 11.9. The number of nitrogens with one attached hydrogen (secondary N) is 2. The maximum atomic E-state index is 11.9. The lowest BCUT2D eigenvalue weighted by Gasteiger charge is -2.07. The summed E-state index contributed by atoms with van der Waals surface area (Å²) in [5.41, 5.74) is 1.18. The highest BCUT2D eigenvalue weighted by atomic mass is 35.5. The minimum absolute atomic E-state index is 0.174. The van der Waals surface area contributed by atoms with Crippen molar-refractivity contribution < 1.29 is 14.3 Å². The summed E-state index contributed by atoms with van der Waals surface area (Å²) in [7, 11) is 1.58. The highest BCUT2D eigenvalue weighted by Crippen LogP contribution is 2.15. The van der Waals surface area contributed by atoms with Crippen LogP contribution in [0.15, 0.2) is 48.5 Å². The molecule has 2 aromatic rings. The highest BCUT2D eigenvalue weighted by molar-refractivity contribution is 6.30. The number of methoxy groups -OCH3 is 1. The Labute approximate surface area is 139 Å². The van der Waals surface area contributed by atoms with Crippen LogP contribution in [-0.2, 0) is 4.79 Å². The molecule has 0 unspecified atom stereocenters. The van der Waals surface area contributed by atoms with E-state index >= 15 is 0 Å². The lowest BCUT2D eigenvalue weighted by molar-refractivity contribution is -0.116. The lowest BCUT2D eigenvalue weighted by Crippen LogP contribution is -2.27. The van der Waals surface area contributed by atoms with Gasteiger partial charge in [0.15, 0.2) is 0 Å². The summed E-state index contributed by atoms with van der Waals surface area (Å²) in [6.07, 6.45) is 0.186. The van der Waals surface area contributed by atoms with Crippen LogP contribution in [0.25, 0.3) is 0 Å². The SMILES string of the molecule is COc1ccc(NC(=O)CCNC(=O)c2ccc(Cl)cc2)cc1. The molecule has 0 aliphatic carbocycles. The number of amides is 2. The van der Waals surface area contributed by atoms with Gasteiger partial charge in [0.1, 0.15) is 5.75 Å². The van der Waals surface area contributed by atoms with Crippen molar-refractivity contribution >= 4 is 29.1 Å². The number of anilines is 1. The first-order chi connectivity index (χ1) is 11.1. The molecular weight excluding hydrogens is 316 g/mol. The fourth-order valence-corrected chi connectivity index (χ4v) is 2.02. The molecule has 2 rings (SSSR count). The van der Waals surface area contributed by atoms with E-state index in [0.717, 1.165) is 5.75 Å². The Balaban J connectivity index is 1.75. The molecule has 0 aromatic heterocycles. The lowest BCUT2D eigenvalue weighted by atomic mass is 10.2. The van der Waals surface area contributed by atoms with E-state index in [4.69, 9.17) is 16.3 Å². The molecule has 0 saturated heterocycles. The van der Waals surface area contributed by atoms with Crippen LogP contribution < -0.4 is 15.4 Å². The average Bonchev–Trinajstić information content (AvgIpc) is 2.56. The predicted molar refractivity (Wildman–Crippen MR) is 90.0 cm³/mol. The molecule has 2 aromatic carbocycles. The summed E-state index contributed by atoms with van der Waals surface area (Å²) in [6.45, 7) is 0.253. The largest absolute Gasteiger partial charge is 0.497 e. The minimum Gasteiger partial charge on any atom is -0.497 e. The second kappa shape index (κ2) is 8.19. The number of halogens is 1. The molecule has 6 heteroatoms. The van der Waals surface area contributed by atoms with Crippen molar-refractivity contribution in [3.63, 3.8) is 0 Å². The molecule has 0 fully saturated rings. The van der Waals surface area contributed by atoms with Crippen molar-refractivity contribution in [2.75, 3.05) is 19.0 Å². The van der Waals surface area contributed by atoms with Crippen LogP contribution in [0.5, 0.6) is 5.75 Å². The third-order valence-electron chi connectivity index (χ3n) is 3.12. The van der Waals surface area contributed by atoms with Crippen LogP contribution in [-0.4, -0.2) is 25.5 Å². The standard InChI is InChI=1S/C17H17ClN2O3/c1-23-15-8-6-14(7-9-15)20-16(21)10-11-19-17(22)12-2-4-13(18)5-3-12/h2-9H,10-11H2,1H3,(H,19,22)(H,20,21). The van der Waals surface area contributed by atoms with E-state index in [9.17, 15) is 9.59 Å². The number of rotatable bonds is 6. The normalized spacial score (nSPS) is 10.0. The van der Waals surface area contributed by atoms with Gasteiger partial charge in [0, 0.05) is 29.2 Å². The van der Waals surface area contributed by atoms with E-state index in [0.29, 0.717) is 16.3 Å². The molecule has 0 bridgehead atoms. The summed E-state index contributed by atoms with van der Waals surface area (Å²) in [5.74, 6) is 0.309. The molecule has 0 atom stereocenters. The van der Waals surface area contributed by atoms with Gasteiger partial charge in [-0.05, 0) is 48.5 Å². The zero-order valence-corrected chi connectivity index (χ0v) is 13.4. The van der Waals surface area contributed by atoms with Gasteiger partial charge in [0.2, 0.25) is 5.91 Å². The molecule has 0 saturated carbocycles. The molecular formula is C17H17ClN2O3.